The minimum Gasteiger partial charge on any atom is -0.481 e. The molecule has 6 nitrogen and oxygen atoms in total. The van der Waals surface area contributed by atoms with Crippen LogP contribution in [0.25, 0.3) is 0 Å². The Morgan fingerprint density at radius 1 is 1.42 bits per heavy atom. The van der Waals surface area contributed by atoms with Gasteiger partial charge in [-0.1, -0.05) is 20.8 Å². The molecular weight excluding hydrogens is 248 g/mol. The lowest BCUT2D eigenvalue weighted by atomic mass is 10.1. The van der Waals surface area contributed by atoms with E-state index in [9.17, 15) is 14.4 Å². The monoisotopic (exact) mass is 268 g/mol. The first kappa shape index (κ1) is 13.8. The first-order valence-electron chi connectivity index (χ1n) is 6.63. The molecule has 2 N–H and O–H groups in total. The SMILES string of the molecule is CCC1C(=O)NCCN1C(=O)C1C(C(=O)O)C1(C)C. The number of hydrogen-bond acceptors (Lipinski definition) is 3. The Labute approximate surface area is 112 Å². The van der Waals surface area contributed by atoms with Gasteiger partial charge in [0.1, 0.15) is 6.04 Å². The first-order valence-corrected chi connectivity index (χ1v) is 6.63. The number of carbonyl (C=O) groups is 3. The maximum atomic E-state index is 12.5. The Morgan fingerprint density at radius 3 is 2.53 bits per heavy atom. The molecular formula is C13H20N2O4. The van der Waals surface area contributed by atoms with Crippen LogP contribution in [0.1, 0.15) is 27.2 Å². The molecule has 1 aliphatic heterocycles. The van der Waals surface area contributed by atoms with Crippen molar-refractivity contribution in [2.75, 3.05) is 13.1 Å². The molecule has 3 unspecified atom stereocenters. The van der Waals surface area contributed by atoms with Crippen LogP contribution in [0.5, 0.6) is 0 Å². The number of carboxylic acid groups (broad SMARTS) is 1. The lowest BCUT2D eigenvalue weighted by Gasteiger charge is -2.35. The van der Waals surface area contributed by atoms with Gasteiger partial charge in [0.05, 0.1) is 11.8 Å². The van der Waals surface area contributed by atoms with Crippen molar-refractivity contribution in [1.29, 1.82) is 0 Å². The van der Waals surface area contributed by atoms with Gasteiger partial charge in [0, 0.05) is 13.1 Å². The summed E-state index contributed by atoms with van der Waals surface area (Å²) in [4.78, 5) is 36.9. The van der Waals surface area contributed by atoms with Crippen molar-refractivity contribution in [3.63, 3.8) is 0 Å². The molecule has 0 aromatic rings. The van der Waals surface area contributed by atoms with E-state index in [1.807, 2.05) is 6.92 Å². The second kappa shape index (κ2) is 4.51. The van der Waals surface area contributed by atoms with Gasteiger partial charge < -0.3 is 15.3 Å². The molecule has 1 saturated carbocycles. The van der Waals surface area contributed by atoms with E-state index < -0.39 is 29.3 Å². The minimum absolute atomic E-state index is 0.146. The summed E-state index contributed by atoms with van der Waals surface area (Å²) in [5.74, 6) is -2.42. The molecule has 2 amide bonds. The quantitative estimate of drug-likeness (QED) is 0.759. The summed E-state index contributed by atoms with van der Waals surface area (Å²) >= 11 is 0. The number of rotatable bonds is 3. The molecule has 0 aromatic heterocycles. The Hall–Kier alpha value is -1.59. The average molecular weight is 268 g/mol. The van der Waals surface area contributed by atoms with Crippen LogP contribution in [-0.2, 0) is 14.4 Å². The lowest BCUT2D eigenvalue weighted by Crippen LogP contribution is -2.57. The molecule has 0 spiro atoms. The predicted molar refractivity (Wildman–Crippen MR) is 67.2 cm³/mol. The zero-order valence-electron chi connectivity index (χ0n) is 11.5. The number of carbonyl (C=O) groups excluding carboxylic acids is 2. The highest BCUT2D eigenvalue weighted by Crippen LogP contribution is 2.59. The zero-order valence-corrected chi connectivity index (χ0v) is 11.5. The average Bonchev–Trinajstić information content (AvgIpc) is 2.91. The summed E-state index contributed by atoms with van der Waals surface area (Å²) in [6.07, 6.45) is 0.544. The van der Waals surface area contributed by atoms with E-state index in [-0.39, 0.29) is 11.8 Å². The van der Waals surface area contributed by atoms with Gasteiger partial charge in [-0.2, -0.15) is 0 Å². The number of nitrogens with one attached hydrogen (secondary N) is 1. The van der Waals surface area contributed by atoms with E-state index >= 15 is 0 Å². The van der Waals surface area contributed by atoms with E-state index in [0.29, 0.717) is 19.5 Å². The summed E-state index contributed by atoms with van der Waals surface area (Å²) in [7, 11) is 0. The van der Waals surface area contributed by atoms with Gasteiger partial charge in [-0.05, 0) is 11.8 Å². The molecule has 19 heavy (non-hydrogen) atoms. The number of nitrogens with zero attached hydrogens (tertiary/aromatic N) is 1. The summed E-state index contributed by atoms with van der Waals surface area (Å²) < 4.78 is 0. The van der Waals surface area contributed by atoms with Crippen LogP contribution >= 0.6 is 0 Å². The number of amides is 2. The van der Waals surface area contributed by atoms with Crippen molar-refractivity contribution in [1.82, 2.24) is 10.2 Å². The van der Waals surface area contributed by atoms with Crippen LogP contribution in [0.3, 0.4) is 0 Å². The van der Waals surface area contributed by atoms with Crippen LogP contribution in [0.2, 0.25) is 0 Å². The molecule has 1 aliphatic carbocycles. The third-order valence-electron chi connectivity index (χ3n) is 4.36. The molecule has 6 heteroatoms. The fourth-order valence-corrected chi connectivity index (χ4v) is 3.12. The smallest absolute Gasteiger partial charge is 0.307 e. The highest BCUT2D eigenvalue weighted by molar-refractivity contribution is 5.95. The molecule has 1 heterocycles. The summed E-state index contributed by atoms with van der Waals surface area (Å²) in [5.41, 5.74) is -0.519. The van der Waals surface area contributed by atoms with Gasteiger partial charge in [-0.3, -0.25) is 14.4 Å². The van der Waals surface area contributed by atoms with Gasteiger partial charge in [0.25, 0.3) is 0 Å². The summed E-state index contributed by atoms with van der Waals surface area (Å²) in [5, 5.41) is 11.9. The van der Waals surface area contributed by atoms with Crippen LogP contribution in [-0.4, -0.2) is 46.9 Å². The van der Waals surface area contributed by atoms with Crippen molar-refractivity contribution < 1.29 is 19.5 Å². The van der Waals surface area contributed by atoms with E-state index in [0.717, 1.165) is 0 Å². The second-order valence-electron chi connectivity index (χ2n) is 5.86. The Bertz CT molecular complexity index is 432. The normalized spacial score (nSPS) is 32.7. The van der Waals surface area contributed by atoms with Crippen molar-refractivity contribution in [2.24, 2.45) is 17.3 Å². The van der Waals surface area contributed by atoms with Crippen molar-refractivity contribution >= 4 is 17.8 Å². The molecule has 106 valence electrons. The first-order chi connectivity index (χ1) is 8.82. The molecule has 0 bridgehead atoms. The maximum Gasteiger partial charge on any atom is 0.307 e. The molecule has 0 aromatic carbocycles. The van der Waals surface area contributed by atoms with Crippen LogP contribution < -0.4 is 5.32 Å². The second-order valence-corrected chi connectivity index (χ2v) is 5.86. The molecule has 2 aliphatic rings. The molecule has 2 fully saturated rings. The minimum atomic E-state index is -0.933. The van der Waals surface area contributed by atoms with Gasteiger partial charge in [-0.25, -0.2) is 0 Å². The van der Waals surface area contributed by atoms with Gasteiger partial charge in [0.15, 0.2) is 0 Å². The predicted octanol–water partition coefficient (Wildman–Crippen LogP) is 0.0802. The fourth-order valence-electron chi connectivity index (χ4n) is 3.12. The summed E-state index contributed by atoms with van der Waals surface area (Å²) in [6.45, 7) is 6.33. The third kappa shape index (κ3) is 2.09. The van der Waals surface area contributed by atoms with Crippen LogP contribution in [0, 0.1) is 17.3 Å². The van der Waals surface area contributed by atoms with Crippen molar-refractivity contribution in [3.05, 3.63) is 0 Å². The van der Waals surface area contributed by atoms with E-state index in [2.05, 4.69) is 5.32 Å². The highest BCUT2D eigenvalue weighted by atomic mass is 16.4. The molecule has 3 atom stereocenters. The van der Waals surface area contributed by atoms with Crippen molar-refractivity contribution in [3.8, 4) is 0 Å². The van der Waals surface area contributed by atoms with Gasteiger partial charge in [0.2, 0.25) is 11.8 Å². The van der Waals surface area contributed by atoms with Gasteiger partial charge >= 0.3 is 5.97 Å². The number of carboxylic acids is 1. The standard InChI is InChI=1S/C13H20N2O4/c1-4-7-10(16)14-5-6-15(7)11(17)8-9(12(18)19)13(8,2)3/h7-9H,4-6H2,1-3H3,(H,14,16)(H,18,19). The van der Waals surface area contributed by atoms with Crippen LogP contribution in [0.4, 0.5) is 0 Å². The Morgan fingerprint density at radius 2 is 2.05 bits per heavy atom. The van der Waals surface area contributed by atoms with E-state index in [4.69, 9.17) is 5.11 Å². The molecule has 2 rings (SSSR count). The van der Waals surface area contributed by atoms with Crippen molar-refractivity contribution in [2.45, 2.75) is 33.2 Å². The topological polar surface area (TPSA) is 86.7 Å². The number of hydrogen-bond donors (Lipinski definition) is 2. The third-order valence-corrected chi connectivity index (χ3v) is 4.36. The highest BCUT2D eigenvalue weighted by Gasteiger charge is 2.67. The maximum absolute atomic E-state index is 12.5. The fraction of sp³-hybridized carbons (Fsp3) is 0.769. The lowest BCUT2D eigenvalue weighted by molar-refractivity contribution is -0.146. The Kier molecular flexibility index (Phi) is 3.28. The molecule has 1 saturated heterocycles. The summed E-state index contributed by atoms with van der Waals surface area (Å²) in [6, 6.07) is -0.466. The van der Waals surface area contributed by atoms with Crippen LogP contribution in [0.15, 0.2) is 0 Å². The van der Waals surface area contributed by atoms with Gasteiger partial charge in [-0.15, -0.1) is 0 Å². The molecule has 0 radical (unpaired) electrons. The largest absolute Gasteiger partial charge is 0.481 e. The van der Waals surface area contributed by atoms with E-state index in [1.54, 1.807) is 18.7 Å². The van der Waals surface area contributed by atoms with E-state index in [1.165, 1.54) is 0 Å². The number of aliphatic carboxylic acids is 1. The number of piperazine rings is 1. The zero-order chi connectivity index (χ0) is 14.4. The Balaban J connectivity index is 2.16.